The van der Waals surface area contributed by atoms with Gasteiger partial charge in [-0.3, -0.25) is 19.3 Å². The largest absolute Gasteiger partial charge is 0.342 e. The van der Waals surface area contributed by atoms with Crippen molar-refractivity contribution in [2.45, 2.75) is 18.8 Å². The van der Waals surface area contributed by atoms with E-state index in [4.69, 9.17) is 4.98 Å². The third kappa shape index (κ3) is 3.22. The Bertz CT molecular complexity index is 1200. The Morgan fingerprint density at radius 2 is 1.97 bits per heavy atom. The molecule has 31 heavy (non-hydrogen) atoms. The lowest BCUT2D eigenvalue weighted by Gasteiger charge is -2.32. The van der Waals surface area contributed by atoms with E-state index < -0.39 is 0 Å². The molecule has 2 aliphatic heterocycles. The highest BCUT2D eigenvalue weighted by Gasteiger charge is 2.36. The predicted molar refractivity (Wildman–Crippen MR) is 116 cm³/mol. The molecule has 7 nitrogen and oxygen atoms in total. The van der Waals surface area contributed by atoms with Gasteiger partial charge in [0.25, 0.3) is 17.7 Å². The fourth-order valence-electron chi connectivity index (χ4n) is 4.45. The summed E-state index contributed by atoms with van der Waals surface area (Å²) in [7, 11) is 0. The molecule has 0 bridgehead atoms. The van der Waals surface area contributed by atoms with Crippen LogP contribution in [0.1, 0.15) is 55.7 Å². The first-order valence-electron chi connectivity index (χ1n) is 10.4. The molecule has 1 atom stereocenters. The van der Waals surface area contributed by atoms with Gasteiger partial charge in [0.15, 0.2) is 0 Å². The van der Waals surface area contributed by atoms with Crippen molar-refractivity contribution in [2.24, 2.45) is 0 Å². The molecule has 0 aliphatic carbocycles. The number of hydrogen-bond donors (Lipinski definition) is 1. The Hall–Kier alpha value is -3.74. The Morgan fingerprint density at radius 1 is 1.16 bits per heavy atom. The Morgan fingerprint density at radius 3 is 2.77 bits per heavy atom. The Balaban J connectivity index is 1.37. The highest BCUT2D eigenvalue weighted by Crippen LogP contribution is 2.29. The van der Waals surface area contributed by atoms with Crippen LogP contribution in [0.3, 0.4) is 0 Å². The average molecular weight is 414 g/mol. The summed E-state index contributed by atoms with van der Waals surface area (Å²) < 4.78 is 0. The molecule has 7 heteroatoms. The van der Waals surface area contributed by atoms with Gasteiger partial charge in [0.2, 0.25) is 0 Å². The van der Waals surface area contributed by atoms with Crippen LogP contribution in [-0.2, 0) is 0 Å². The molecule has 1 fully saturated rings. The van der Waals surface area contributed by atoms with Gasteiger partial charge >= 0.3 is 0 Å². The number of nitrogens with zero attached hydrogens (tertiary/aromatic N) is 3. The third-order valence-corrected chi connectivity index (χ3v) is 6.03. The minimum absolute atomic E-state index is 0.130. The van der Waals surface area contributed by atoms with Crippen molar-refractivity contribution in [1.29, 1.82) is 0 Å². The van der Waals surface area contributed by atoms with Crippen molar-refractivity contribution >= 4 is 28.8 Å². The topological polar surface area (TPSA) is 86.4 Å². The van der Waals surface area contributed by atoms with Gasteiger partial charge in [0, 0.05) is 31.1 Å². The molecule has 3 heterocycles. The number of benzene rings is 2. The number of imide groups is 1. The van der Waals surface area contributed by atoms with Crippen LogP contribution < -0.4 is 0 Å². The van der Waals surface area contributed by atoms with Crippen LogP contribution in [0.4, 0.5) is 0 Å². The number of likely N-dealkylation sites (tertiary alicyclic amines) is 1. The van der Waals surface area contributed by atoms with Crippen LogP contribution in [0, 0.1) is 0 Å². The summed E-state index contributed by atoms with van der Waals surface area (Å²) in [5.41, 5.74) is 2.95. The normalized spacial score (nSPS) is 18.5. The Labute approximate surface area is 179 Å². The maximum absolute atomic E-state index is 13.2. The molecule has 1 N–H and O–H groups in total. The zero-order valence-corrected chi connectivity index (χ0v) is 17.0. The van der Waals surface area contributed by atoms with E-state index in [1.54, 1.807) is 18.2 Å². The van der Waals surface area contributed by atoms with E-state index in [1.165, 1.54) is 6.08 Å². The zero-order valence-electron chi connectivity index (χ0n) is 17.0. The summed E-state index contributed by atoms with van der Waals surface area (Å²) in [6.45, 7) is 4.96. The second-order valence-corrected chi connectivity index (χ2v) is 8.00. The monoisotopic (exact) mass is 414 g/mol. The molecule has 0 saturated carbocycles. The molecule has 0 unspecified atom stereocenters. The van der Waals surface area contributed by atoms with E-state index in [9.17, 15) is 14.4 Å². The van der Waals surface area contributed by atoms with Gasteiger partial charge in [-0.2, -0.15) is 0 Å². The number of carbonyl (C=O) groups excluding carboxylic acids is 3. The van der Waals surface area contributed by atoms with Crippen LogP contribution in [0.5, 0.6) is 0 Å². The van der Waals surface area contributed by atoms with Gasteiger partial charge in [-0.15, -0.1) is 6.58 Å². The molecule has 1 aromatic heterocycles. The van der Waals surface area contributed by atoms with Crippen LogP contribution in [0.15, 0.2) is 55.1 Å². The quantitative estimate of drug-likeness (QED) is 0.524. The second-order valence-electron chi connectivity index (χ2n) is 8.00. The molecule has 156 valence electrons. The number of carbonyl (C=O) groups is 3. The first-order chi connectivity index (χ1) is 15.1. The lowest BCUT2D eigenvalue weighted by molar-refractivity contribution is 0.0670. The molecule has 2 aromatic carbocycles. The summed E-state index contributed by atoms with van der Waals surface area (Å²) in [5.74, 6) is 0.167. The van der Waals surface area contributed by atoms with E-state index in [2.05, 4.69) is 11.6 Å². The number of fused-ring (bicyclic) bond motifs is 2. The van der Waals surface area contributed by atoms with Crippen molar-refractivity contribution in [3.05, 3.63) is 77.6 Å². The zero-order chi connectivity index (χ0) is 21.5. The molecule has 5 rings (SSSR count). The first-order valence-corrected chi connectivity index (χ1v) is 10.4. The minimum Gasteiger partial charge on any atom is -0.342 e. The highest BCUT2D eigenvalue weighted by molar-refractivity contribution is 6.22. The van der Waals surface area contributed by atoms with Gasteiger partial charge in [-0.05, 0) is 43.2 Å². The van der Waals surface area contributed by atoms with Gasteiger partial charge < -0.3 is 9.88 Å². The molecular formula is C24H22N4O3. The number of imidazole rings is 1. The smallest absolute Gasteiger partial charge is 0.261 e. The summed E-state index contributed by atoms with van der Waals surface area (Å²) in [6.07, 6.45) is 3.35. The molecular weight excluding hydrogens is 392 g/mol. The predicted octanol–water partition coefficient (Wildman–Crippen LogP) is 3.36. The van der Waals surface area contributed by atoms with Crippen LogP contribution >= 0.6 is 0 Å². The van der Waals surface area contributed by atoms with E-state index in [1.807, 2.05) is 29.2 Å². The number of H-pyrrole nitrogens is 1. The van der Waals surface area contributed by atoms with E-state index >= 15 is 0 Å². The number of amides is 3. The molecule has 0 spiro atoms. The average Bonchev–Trinajstić information content (AvgIpc) is 3.34. The van der Waals surface area contributed by atoms with E-state index in [-0.39, 0.29) is 35.7 Å². The summed E-state index contributed by atoms with van der Waals surface area (Å²) in [6, 6.07) is 12.7. The van der Waals surface area contributed by atoms with Gasteiger partial charge in [-0.1, -0.05) is 18.2 Å². The van der Waals surface area contributed by atoms with Gasteiger partial charge in [0.1, 0.15) is 5.82 Å². The number of hydrogen-bond acceptors (Lipinski definition) is 4. The van der Waals surface area contributed by atoms with Crippen molar-refractivity contribution in [2.75, 3.05) is 19.6 Å². The number of aromatic nitrogens is 2. The van der Waals surface area contributed by atoms with Crippen LogP contribution in [0.2, 0.25) is 0 Å². The number of aromatic amines is 1. The van der Waals surface area contributed by atoms with Crippen molar-refractivity contribution in [1.82, 2.24) is 19.8 Å². The molecule has 3 amide bonds. The maximum Gasteiger partial charge on any atom is 0.261 e. The maximum atomic E-state index is 13.2. The number of nitrogens with one attached hydrogen (secondary N) is 1. The Kier molecular flexibility index (Phi) is 4.66. The van der Waals surface area contributed by atoms with Crippen LogP contribution in [0.25, 0.3) is 11.0 Å². The van der Waals surface area contributed by atoms with Crippen molar-refractivity contribution in [3.8, 4) is 0 Å². The number of rotatable bonds is 4. The van der Waals surface area contributed by atoms with Crippen molar-refractivity contribution in [3.63, 3.8) is 0 Å². The fourth-order valence-corrected chi connectivity index (χ4v) is 4.45. The molecule has 0 radical (unpaired) electrons. The highest BCUT2D eigenvalue weighted by atomic mass is 16.2. The SMILES string of the molecule is C=CCN1C(=O)c2ccc(C(=O)N3CCC[C@H](c4nc5ccccc5[nH]4)C3)cc2C1=O. The summed E-state index contributed by atoms with van der Waals surface area (Å²) in [5, 5.41) is 0. The van der Waals surface area contributed by atoms with Gasteiger partial charge in [-0.25, -0.2) is 4.98 Å². The number of para-hydroxylation sites is 2. The lowest BCUT2D eigenvalue weighted by atomic mass is 9.96. The fraction of sp³-hybridized carbons (Fsp3) is 0.250. The lowest BCUT2D eigenvalue weighted by Crippen LogP contribution is -2.39. The number of piperidine rings is 1. The van der Waals surface area contributed by atoms with Crippen LogP contribution in [-0.4, -0.2) is 57.1 Å². The summed E-state index contributed by atoms with van der Waals surface area (Å²) >= 11 is 0. The molecule has 2 aliphatic rings. The minimum atomic E-state index is -0.381. The van der Waals surface area contributed by atoms with Crippen molar-refractivity contribution < 1.29 is 14.4 Å². The molecule has 3 aromatic rings. The van der Waals surface area contributed by atoms with E-state index in [0.717, 1.165) is 34.6 Å². The summed E-state index contributed by atoms with van der Waals surface area (Å²) in [4.78, 5) is 49.2. The second kappa shape index (κ2) is 7.50. The van der Waals surface area contributed by atoms with Gasteiger partial charge in [0.05, 0.1) is 22.2 Å². The standard InChI is InChI=1S/C24H22N4O3/c1-2-11-28-23(30)17-10-9-15(13-18(17)24(28)31)22(29)27-12-5-6-16(14-27)21-25-19-7-3-4-8-20(19)26-21/h2-4,7-10,13,16H,1,5-6,11-12,14H2,(H,25,26)/t16-/m0/s1. The third-order valence-electron chi connectivity index (χ3n) is 6.03. The molecule has 1 saturated heterocycles. The van der Waals surface area contributed by atoms with E-state index in [0.29, 0.717) is 24.2 Å². The first kappa shape index (κ1) is 19.2.